The third kappa shape index (κ3) is 8.09. The fraction of sp³-hybridized carbons (Fsp3) is 0.611. The lowest BCUT2D eigenvalue weighted by Crippen LogP contribution is -2.46. The van der Waals surface area contributed by atoms with Crippen molar-refractivity contribution >= 4 is 5.97 Å². The second kappa shape index (κ2) is 8.84. The number of ether oxygens (including phenoxy) is 2. The van der Waals surface area contributed by atoms with E-state index in [9.17, 15) is 31.1 Å². The number of carbonyl (C=O) groups is 1. The summed E-state index contributed by atoms with van der Waals surface area (Å²) in [6.45, 7) is 5.32. The van der Waals surface area contributed by atoms with E-state index in [1.165, 1.54) is 12.1 Å². The molecule has 0 aliphatic heterocycles. The highest BCUT2D eigenvalue weighted by atomic mass is 19.4. The molecule has 0 amide bonds. The molecule has 0 spiro atoms. The van der Waals surface area contributed by atoms with E-state index in [0.717, 1.165) is 24.8 Å². The summed E-state index contributed by atoms with van der Waals surface area (Å²) in [7, 11) is 0. The molecule has 0 atom stereocenters. The number of rotatable bonds is 8. The van der Waals surface area contributed by atoms with Crippen molar-refractivity contribution in [2.24, 2.45) is 5.41 Å². The molecule has 0 aromatic heterocycles. The number of carbonyl (C=O) groups excluding carboxylic acids is 1. The van der Waals surface area contributed by atoms with Crippen LogP contribution in [0.1, 0.15) is 39.2 Å². The highest BCUT2D eigenvalue weighted by molar-refractivity contribution is 5.71. The first-order valence-corrected chi connectivity index (χ1v) is 8.29. The normalized spacial score (nSPS) is 13.0. The molecule has 1 aromatic rings. The predicted molar refractivity (Wildman–Crippen MR) is 86.3 cm³/mol. The molecule has 3 nitrogen and oxygen atoms in total. The van der Waals surface area contributed by atoms with Crippen molar-refractivity contribution in [3.8, 4) is 5.75 Å². The lowest BCUT2D eigenvalue weighted by molar-refractivity contribution is -0.313. The lowest BCUT2D eigenvalue weighted by atomic mass is 9.84. The summed E-state index contributed by atoms with van der Waals surface area (Å²) >= 11 is 0. The zero-order valence-electron chi connectivity index (χ0n) is 15.2. The average Bonchev–Trinajstić information content (AvgIpc) is 2.55. The largest absolute Gasteiger partial charge is 0.482 e. The Labute approximate surface area is 153 Å². The summed E-state index contributed by atoms with van der Waals surface area (Å²) in [5.74, 6) is -1.62. The number of esters is 1. The summed E-state index contributed by atoms with van der Waals surface area (Å²) in [6, 6.07) is 6.43. The fourth-order valence-electron chi connectivity index (χ4n) is 2.04. The van der Waals surface area contributed by atoms with Gasteiger partial charge in [-0.05, 0) is 36.0 Å². The second-order valence-corrected chi connectivity index (χ2v) is 6.90. The minimum absolute atomic E-state index is 0.140. The SMILES string of the molecule is CCC(C)(C)CCc1ccc(OCC(=O)OC(C(F)(F)F)C(F)(F)F)cc1. The van der Waals surface area contributed by atoms with Gasteiger partial charge in [-0.1, -0.05) is 39.3 Å². The van der Waals surface area contributed by atoms with Crippen molar-refractivity contribution in [3.63, 3.8) is 0 Å². The second-order valence-electron chi connectivity index (χ2n) is 6.90. The number of halogens is 6. The molecular formula is C18H22F6O3. The maximum absolute atomic E-state index is 12.3. The van der Waals surface area contributed by atoms with E-state index in [2.05, 4.69) is 25.5 Å². The van der Waals surface area contributed by atoms with Crippen molar-refractivity contribution in [2.75, 3.05) is 6.61 Å². The van der Waals surface area contributed by atoms with Crippen LogP contribution in [0.15, 0.2) is 24.3 Å². The van der Waals surface area contributed by atoms with E-state index in [-0.39, 0.29) is 11.2 Å². The monoisotopic (exact) mass is 400 g/mol. The Morgan fingerprint density at radius 2 is 1.52 bits per heavy atom. The number of hydrogen-bond donors (Lipinski definition) is 0. The van der Waals surface area contributed by atoms with Crippen LogP contribution in [0.4, 0.5) is 26.3 Å². The maximum atomic E-state index is 12.3. The fourth-order valence-corrected chi connectivity index (χ4v) is 2.04. The first kappa shape index (κ1) is 23.1. The third-order valence-electron chi connectivity index (χ3n) is 4.17. The van der Waals surface area contributed by atoms with Crippen LogP contribution in [0.5, 0.6) is 5.75 Å². The molecule has 27 heavy (non-hydrogen) atoms. The van der Waals surface area contributed by atoms with E-state index in [4.69, 9.17) is 4.74 Å². The molecule has 0 saturated heterocycles. The molecule has 0 bridgehead atoms. The van der Waals surface area contributed by atoms with Crippen molar-refractivity contribution in [3.05, 3.63) is 29.8 Å². The summed E-state index contributed by atoms with van der Waals surface area (Å²) in [5, 5.41) is 0. The van der Waals surface area contributed by atoms with Crippen molar-refractivity contribution in [1.82, 2.24) is 0 Å². The first-order valence-electron chi connectivity index (χ1n) is 8.29. The van der Waals surface area contributed by atoms with E-state index >= 15 is 0 Å². The van der Waals surface area contributed by atoms with E-state index in [1.54, 1.807) is 12.1 Å². The molecular weight excluding hydrogens is 378 g/mol. The summed E-state index contributed by atoms with van der Waals surface area (Å²) < 4.78 is 82.4. The predicted octanol–water partition coefficient (Wildman–Crippen LogP) is 5.47. The number of benzene rings is 1. The Hall–Kier alpha value is -1.93. The minimum atomic E-state index is -5.75. The highest BCUT2D eigenvalue weighted by Gasteiger charge is 2.59. The molecule has 9 heteroatoms. The van der Waals surface area contributed by atoms with Crippen LogP contribution in [0.25, 0.3) is 0 Å². The van der Waals surface area contributed by atoms with E-state index in [0.29, 0.717) is 0 Å². The molecule has 0 heterocycles. The van der Waals surface area contributed by atoms with Gasteiger partial charge in [-0.2, -0.15) is 26.3 Å². The number of alkyl halides is 6. The van der Waals surface area contributed by atoms with Gasteiger partial charge in [0.15, 0.2) is 6.61 Å². The Kier molecular flexibility index (Phi) is 7.57. The topological polar surface area (TPSA) is 35.5 Å². The molecule has 0 saturated carbocycles. The Bertz CT molecular complexity index is 591. The number of hydrogen-bond acceptors (Lipinski definition) is 3. The van der Waals surface area contributed by atoms with E-state index < -0.39 is 31.0 Å². The van der Waals surface area contributed by atoms with Gasteiger partial charge in [0.1, 0.15) is 5.75 Å². The molecule has 0 radical (unpaired) electrons. The van der Waals surface area contributed by atoms with Crippen LogP contribution in [0.3, 0.4) is 0 Å². The van der Waals surface area contributed by atoms with Crippen molar-refractivity contribution < 1.29 is 40.6 Å². The van der Waals surface area contributed by atoms with Gasteiger partial charge in [-0.15, -0.1) is 0 Å². The molecule has 0 fully saturated rings. The molecule has 154 valence electrons. The van der Waals surface area contributed by atoms with Crippen LogP contribution in [0, 0.1) is 5.41 Å². The van der Waals surface area contributed by atoms with Crippen LogP contribution in [-0.4, -0.2) is 31.0 Å². The minimum Gasteiger partial charge on any atom is -0.482 e. The van der Waals surface area contributed by atoms with Gasteiger partial charge in [-0.3, -0.25) is 0 Å². The van der Waals surface area contributed by atoms with Gasteiger partial charge in [-0.25, -0.2) is 4.79 Å². The Morgan fingerprint density at radius 1 is 1.00 bits per heavy atom. The Morgan fingerprint density at radius 3 is 1.96 bits per heavy atom. The van der Waals surface area contributed by atoms with Crippen LogP contribution < -0.4 is 4.74 Å². The molecule has 0 N–H and O–H groups in total. The van der Waals surface area contributed by atoms with Crippen molar-refractivity contribution in [1.29, 1.82) is 0 Å². The van der Waals surface area contributed by atoms with Gasteiger partial charge in [0.2, 0.25) is 0 Å². The Balaban J connectivity index is 2.57. The van der Waals surface area contributed by atoms with Crippen molar-refractivity contribution in [2.45, 2.75) is 58.5 Å². The van der Waals surface area contributed by atoms with Gasteiger partial charge in [0.25, 0.3) is 6.10 Å². The highest BCUT2D eigenvalue weighted by Crippen LogP contribution is 2.35. The lowest BCUT2D eigenvalue weighted by Gasteiger charge is -2.23. The third-order valence-corrected chi connectivity index (χ3v) is 4.17. The smallest absolute Gasteiger partial charge is 0.434 e. The summed E-state index contributed by atoms with van der Waals surface area (Å²) in [5.41, 5.74) is 1.19. The standard InChI is InChI=1S/C18H22F6O3/c1-4-16(2,3)10-9-12-5-7-13(8-6-12)26-11-14(25)27-15(17(19,20)21)18(22,23)24/h5-8,15H,4,9-11H2,1-3H3. The molecule has 0 aliphatic rings. The molecule has 0 unspecified atom stereocenters. The zero-order chi connectivity index (χ0) is 20.9. The molecule has 1 rings (SSSR count). The molecule has 1 aromatic carbocycles. The average molecular weight is 400 g/mol. The van der Waals surface area contributed by atoms with E-state index in [1.807, 2.05) is 0 Å². The van der Waals surface area contributed by atoms with Crippen LogP contribution in [-0.2, 0) is 16.0 Å². The van der Waals surface area contributed by atoms with Gasteiger partial charge >= 0.3 is 18.3 Å². The van der Waals surface area contributed by atoms with Gasteiger partial charge < -0.3 is 9.47 Å². The summed E-state index contributed by atoms with van der Waals surface area (Å²) in [6.07, 6.45) is -12.9. The first-order chi connectivity index (χ1) is 12.2. The van der Waals surface area contributed by atoms with Crippen LogP contribution in [0.2, 0.25) is 0 Å². The van der Waals surface area contributed by atoms with Gasteiger partial charge in [0.05, 0.1) is 0 Å². The number of aryl methyl sites for hydroxylation is 1. The maximum Gasteiger partial charge on any atom is 0.434 e. The van der Waals surface area contributed by atoms with Crippen LogP contribution >= 0.6 is 0 Å². The summed E-state index contributed by atoms with van der Waals surface area (Å²) in [4.78, 5) is 11.3. The van der Waals surface area contributed by atoms with Gasteiger partial charge in [0, 0.05) is 0 Å². The quantitative estimate of drug-likeness (QED) is 0.429. The zero-order valence-corrected chi connectivity index (χ0v) is 15.2. The molecule has 0 aliphatic carbocycles.